The van der Waals surface area contributed by atoms with Crippen LogP contribution < -0.4 is 0 Å². The van der Waals surface area contributed by atoms with Crippen molar-refractivity contribution in [1.29, 1.82) is 0 Å². The number of rotatable bonds is 4. The fourth-order valence-electron chi connectivity index (χ4n) is 3.12. The molecule has 2 aromatic carbocycles. The van der Waals surface area contributed by atoms with E-state index in [1.807, 2.05) is 6.92 Å². The summed E-state index contributed by atoms with van der Waals surface area (Å²) in [6.07, 6.45) is 0.501. The average molecular weight is 402 g/mol. The molecule has 1 aliphatic rings. The molecule has 1 fully saturated rings. The van der Waals surface area contributed by atoms with Crippen LogP contribution in [0.4, 0.5) is 8.78 Å². The van der Waals surface area contributed by atoms with Gasteiger partial charge in [-0.2, -0.15) is 4.31 Å². The van der Waals surface area contributed by atoms with Gasteiger partial charge in [-0.05, 0) is 48.4 Å². The second-order valence-corrected chi connectivity index (χ2v) is 8.39. The Morgan fingerprint density at radius 1 is 1.12 bits per heavy atom. The molecule has 1 heterocycles. The van der Waals surface area contributed by atoms with Crippen LogP contribution in [0, 0.1) is 11.6 Å². The first-order chi connectivity index (χ1) is 12.3. The molecule has 0 aromatic heterocycles. The highest BCUT2D eigenvalue weighted by Gasteiger charge is 2.40. The van der Waals surface area contributed by atoms with Crippen LogP contribution in [0.1, 0.15) is 24.9 Å². The number of hydrogen-bond acceptors (Lipinski definition) is 3. The third-order valence-corrected chi connectivity index (χ3v) is 6.61. The van der Waals surface area contributed by atoms with Gasteiger partial charge >= 0.3 is 0 Å². The first-order valence-electron chi connectivity index (χ1n) is 8.15. The normalized spacial score (nSPS) is 21.7. The summed E-state index contributed by atoms with van der Waals surface area (Å²) in [5.41, 5.74) is 0.221. The van der Waals surface area contributed by atoms with Crippen LogP contribution in [0.3, 0.4) is 0 Å². The van der Waals surface area contributed by atoms with Crippen molar-refractivity contribution in [3.8, 4) is 0 Å². The van der Waals surface area contributed by atoms with E-state index in [1.165, 1.54) is 28.6 Å². The van der Waals surface area contributed by atoms with Crippen LogP contribution in [-0.4, -0.2) is 32.0 Å². The molecule has 2 atom stereocenters. The summed E-state index contributed by atoms with van der Waals surface area (Å²) >= 11 is 5.85. The SMILES string of the molecule is CC[C@H]1COC[C@@H](c2cc(F)cc(F)c2)N1S(=O)(=O)c1ccc(Cl)cc1. The molecule has 1 aliphatic heterocycles. The third kappa shape index (κ3) is 3.76. The van der Waals surface area contributed by atoms with Gasteiger partial charge in [-0.25, -0.2) is 17.2 Å². The molecule has 8 heteroatoms. The molecule has 2 aromatic rings. The van der Waals surface area contributed by atoms with E-state index in [0.717, 1.165) is 18.2 Å². The van der Waals surface area contributed by atoms with Gasteiger partial charge in [0.05, 0.1) is 24.2 Å². The first-order valence-corrected chi connectivity index (χ1v) is 9.97. The van der Waals surface area contributed by atoms with Crippen molar-refractivity contribution in [3.05, 3.63) is 64.7 Å². The molecule has 4 nitrogen and oxygen atoms in total. The molecule has 0 bridgehead atoms. The van der Waals surface area contributed by atoms with E-state index in [1.54, 1.807) is 0 Å². The molecule has 0 spiro atoms. The maximum Gasteiger partial charge on any atom is 0.244 e. The Morgan fingerprint density at radius 3 is 2.31 bits per heavy atom. The minimum Gasteiger partial charge on any atom is -0.378 e. The van der Waals surface area contributed by atoms with Gasteiger partial charge in [0.25, 0.3) is 0 Å². The fraction of sp³-hybridized carbons (Fsp3) is 0.333. The van der Waals surface area contributed by atoms with E-state index in [9.17, 15) is 17.2 Å². The van der Waals surface area contributed by atoms with Gasteiger partial charge in [0.1, 0.15) is 11.6 Å². The van der Waals surface area contributed by atoms with Crippen molar-refractivity contribution in [2.24, 2.45) is 0 Å². The van der Waals surface area contributed by atoms with Gasteiger partial charge in [-0.3, -0.25) is 0 Å². The van der Waals surface area contributed by atoms with Crippen molar-refractivity contribution in [2.75, 3.05) is 13.2 Å². The molecule has 3 rings (SSSR count). The lowest BCUT2D eigenvalue weighted by molar-refractivity contribution is -0.00822. The van der Waals surface area contributed by atoms with E-state index in [0.29, 0.717) is 11.4 Å². The highest BCUT2D eigenvalue weighted by molar-refractivity contribution is 7.89. The summed E-state index contributed by atoms with van der Waals surface area (Å²) in [4.78, 5) is 0.0733. The summed E-state index contributed by atoms with van der Waals surface area (Å²) in [5.74, 6) is -1.52. The van der Waals surface area contributed by atoms with Crippen LogP contribution in [0.2, 0.25) is 5.02 Å². The summed E-state index contributed by atoms with van der Waals surface area (Å²) in [7, 11) is -3.91. The molecule has 1 saturated heterocycles. The van der Waals surface area contributed by atoms with Gasteiger partial charge < -0.3 is 4.74 Å². The second kappa shape index (κ2) is 7.60. The van der Waals surface area contributed by atoms with Crippen LogP contribution in [0.5, 0.6) is 0 Å². The Bertz CT molecular complexity index is 870. The largest absolute Gasteiger partial charge is 0.378 e. The number of ether oxygens (including phenoxy) is 1. The Labute approximate surface area is 156 Å². The second-order valence-electron chi connectivity index (χ2n) is 6.11. The molecule has 26 heavy (non-hydrogen) atoms. The van der Waals surface area contributed by atoms with Crippen molar-refractivity contribution >= 4 is 21.6 Å². The van der Waals surface area contributed by atoms with Gasteiger partial charge in [-0.15, -0.1) is 0 Å². The lowest BCUT2D eigenvalue weighted by atomic mass is 10.0. The smallest absolute Gasteiger partial charge is 0.244 e. The van der Waals surface area contributed by atoms with Crippen LogP contribution in [0.15, 0.2) is 47.4 Å². The van der Waals surface area contributed by atoms with Gasteiger partial charge in [0.2, 0.25) is 10.0 Å². The fourth-order valence-corrected chi connectivity index (χ4v) is 5.09. The van der Waals surface area contributed by atoms with Crippen LogP contribution in [0.25, 0.3) is 0 Å². The standard InChI is InChI=1S/C18H18ClF2NO3S/c1-2-16-10-25-11-18(12-7-14(20)9-15(21)8-12)22(16)26(23,24)17-5-3-13(19)4-6-17/h3-9,16,18H,2,10-11H2,1H3/t16-,18-/m0/s1. The molecule has 0 unspecified atom stereocenters. The first kappa shape index (κ1) is 19.2. The highest BCUT2D eigenvalue weighted by Crippen LogP contribution is 2.35. The predicted octanol–water partition coefficient (Wildman–Crippen LogP) is 4.16. The molecule has 0 N–H and O–H groups in total. The summed E-state index contributed by atoms with van der Waals surface area (Å²) in [6.45, 7) is 2.08. The molecule has 140 valence electrons. The Morgan fingerprint density at radius 2 is 1.73 bits per heavy atom. The van der Waals surface area contributed by atoms with E-state index in [4.69, 9.17) is 16.3 Å². The van der Waals surface area contributed by atoms with E-state index in [-0.39, 0.29) is 23.7 Å². The van der Waals surface area contributed by atoms with Crippen LogP contribution >= 0.6 is 11.6 Å². The van der Waals surface area contributed by atoms with Crippen molar-refractivity contribution < 1.29 is 21.9 Å². The minimum absolute atomic E-state index is 0.0201. The summed E-state index contributed by atoms with van der Waals surface area (Å²) in [5, 5.41) is 0.418. The quantitative estimate of drug-likeness (QED) is 0.772. The number of halogens is 3. The predicted molar refractivity (Wildman–Crippen MR) is 94.5 cm³/mol. The lowest BCUT2D eigenvalue weighted by Gasteiger charge is -2.40. The van der Waals surface area contributed by atoms with Crippen molar-refractivity contribution in [1.82, 2.24) is 4.31 Å². The van der Waals surface area contributed by atoms with Gasteiger partial charge in [0.15, 0.2) is 0 Å². The topological polar surface area (TPSA) is 46.6 Å². The number of morpholine rings is 1. The molecule has 0 saturated carbocycles. The van der Waals surface area contributed by atoms with Gasteiger partial charge in [-0.1, -0.05) is 18.5 Å². The molecule has 0 amide bonds. The highest BCUT2D eigenvalue weighted by atomic mass is 35.5. The minimum atomic E-state index is -3.91. The third-order valence-electron chi connectivity index (χ3n) is 4.38. The van der Waals surface area contributed by atoms with Crippen molar-refractivity contribution in [3.63, 3.8) is 0 Å². The number of sulfonamides is 1. The Hall–Kier alpha value is -1.54. The molecular formula is C18H18ClF2NO3S. The zero-order chi connectivity index (χ0) is 18.9. The zero-order valence-corrected chi connectivity index (χ0v) is 15.6. The number of hydrogen-bond donors (Lipinski definition) is 0. The molecular weight excluding hydrogens is 384 g/mol. The summed E-state index contributed by atoms with van der Waals surface area (Å²) in [6, 6.07) is 7.59. The van der Waals surface area contributed by atoms with E-state index < -0.39 is 33.7 Å². The molecule has 0 aliphatic carbocycles. The van der Waals surface area contributed by atoms with Gasteiger partial charge in [0, 0.05) is 17.1 Å². The number of nitrogens with zero attached hydrogens (tertiary/aromatic N) is 1. The van der Waals surface area contributed by atoms with E-state index in [2.05, 4.69) is 0 Å². The van der Waals surface area contributed by atoms with E-state index >= 15 is 0 Å². The maximum atomic E-state index is 13.7. The monoisotopic (exact) mass is 401 g/mol. The van der Waals surface area contributed by atoms with Crippen molar-refractivity contribution in [2.45, 2.75) is 30.3 Å². The van der Waals surface area contributed by atoms with Crippen LogP contribution in [-0.2, 0) is 14.8 Å². The number of benzene rings is 2. The average Bonchev–Trinajstić information content (AvgIpc) is 2.60. The Kier molecular flexibility index (Phi) is 5.62. The summed E-state index contributed by atoms with van der Waals surface area (Å²) < 4.78 is 60.7. The molecule has 0 radical (unpaired) electrons. The maximum absolute atomic E-state index is 13.7. The zero-order valence-electron chi connectivity index (χ0n) is 14.0. The lowest BCUT2D eigenvalue weighted by Crippen LogP contribution is -2.50. The Balaban J connectivity index is 2.09.